The van der Waals surface area contributed by atoms with E-state index >= 15 is 0 Å². The van der Waals surface area contributed by atoms with E-state index < -0.39 is 0 Å². The van der Waals surface area contributed by atoms with E-state index in [4.69, 9.17) is 0 Å². The van der Waals surface area contributed by atoms with Gasteiger partial charge in [-0.05, 0) is 31.9 Å². The molecule has 1 atom stereocenters. The van der Waals surface area contributed by atoms with Crippen LogP contribution in [-0.4, -0.2) is 34.9 Å². The van der Waals surface area contributed by atoms with E-state index in [0.29, 0.717) is 6.04 Å². The molecule has 1 fully saturated rings. The van der Waals surface area contributed by atoms with Gasteiger partial charge in [-0.3, -0.25) is 4.79 Å². The lowest BCUT2D eigenvalue weighted by Crippen LogP contribution is -2.45. The van der Waals surface area contributed by atoms with Crippen LogP contribution in [0.3, 0.4) is 0 Å². The normalized spacial score (nSPS) is 17.4. The minimum absolute atomic E-state index is 0.145. The van der Waals surface area contributed by atoms with Crippen molar-refractivity contribution in [2.24, 2.45) is 0 Å². The monoisotopic (exact) mass is 315 g/mol. The van der Waals surface area contributed by atoms with Crippen molar-refractivity contribution in [3.63, 3.8) is 0 Å². The second kappa shape index (κ2) is 7.03. The van der Waals surface area contributed by atoms with Gasteiger partial charge >= 0.3 is 0 Å². The molecule has 1 N–H and O–H groups in total. The fourth-order valence-corrected chi connectivity index (χ4v) is 3.54. The van der Waals surface area contributed by atoms with Gasteiger partial charge in [0.05, 0.1) is 6.04 Å². The number of nitrogens with one attached hydrogen (secondary N) is 1. The number of benzene rings is 1. The number of nitrogens with zero attached hydrogens (tertiary/aromatic N) is 2. The molecule has 1 aromatic carbocycles. The first-order chi connectivity index (χ1) is 10.7. The van der Waals surface area contributed by atoms with E-state index in [2.05, 4.69) is 17.2 Å². The molecule has 0 aliphatic carbocycles. The highest BCUT2D eigenvalue weighted by Gasteiger charge is 2.24. The minimum atomic E-state index is 0.145. The number of carbonyl (C=O) groups is 1. The van der Waals surface area contributed by atoms with Crippen LogP contribution in [0.4, 0.5) is 0 Å². The molecule has 5 heteroatoms. The van der Waals surface area contributed by atoms with E-state index in [9.17, 15) is 4.79 Å². The van der Waals surface area contributed by atoms with Gasteiger partial charge in [-0.2, -0.15) is 0 Å². The van der Waals surface area contributed by atoms with Gasteiger partial charge in [0.2, 0.25) is 0 Å². The number of piperidine rings is 1. The fraction of sp³-hybridized carbons (Fsp3) is 0.412. The highest BCUT2D eigenvalue weighted by atomic mass is 32.1. The molecule has 22 heavy (non-hydrogen) atoms. The van der Waals surface area contributed by atoms with Crippen LogP contribution in [-0.2, 0) is 0 Å². The third-order valence-corrected chi connectivity index (χ3v) is 5.07. The Kier molecular flexibility index (Phi) is 4.85. The Morgan fingerprint density at radius 2 is 2.05 bits per heavy atom. The topological polar surface area (TPSA) is 45.2 Å². The Balaban J connectivity index is 1.51. The standard InChI is InChI=1S/C17H21N3OS/c1-13(16-18-9-12-22-16)19-15-7-10-20(11-8-15)17(21)14-5-3-2-4-6-14/h2-6,9,12-13,15,19H,7-8,10-11H2,1H3. The molecular weight excluding hydrogens is 294 g/mol. The highest BCUT2D eigenvalue weighted by molar-refractivity contribution is 7.09. The molecule has 2 aromatic rings. The molecule has 0 radical (unpaired) electrons. The minimum Gasteiger partial charge on any atom is -0.339 e. The molecule has 1 aliphatic rings. The largest absolute Gasteiger partial charge is 0.339 e. The summed E-state index contributed by atoms with van der Waals surface area (Å²) in [7, 11) is 0. The van der Waals surface area contributed by atoms with Crippen LogP contribution in [0, 0.1) is 0 Å². The van der Waals surface area contributed by atoms with Crippen LogP contribution in [0.5, 0.6) is 0 Å². The van der Waals surface area contributed by atoms with Gasteiger partial charge in [0.25, 0.3) is 5.91 Å². The number of rotatable bonds is 4. The first-order valence-electron chi connectivity index (χ1n) is 7.74. The Hall–Kier alpha value is -1.72. The summed E-state index contributed by atoms with van der Waals surface area (Å²) in [6.45, 7) is 3.78. The summed E-state index contributed by atoms with van der Waals surface area (Å²) < 4.78 is 0. The van der Waals surface area contributed by atoms with Crippen LogP contribution >= 0.6 is 11.3 Å². The lowest BCUT2D eigenvalue weighted by atomic mass is 10.0. The van der Waals surface area contributed by atoms with Gasteiger partial charge in [0, 0.05) is 36.3 Å². The van der Waals surface area contributed by atoms with Crippen molar-refractivity contribution in [3.8, 4) is 0 Å². The van der Waals surface area contributed by atoms with Crippen LogP contribution in [0.15, 0.2) is 41.9 Å². The molecule has 116 valence electrons. The Morgan fingerprint density at radius 1 is 1.32 bits per heavy atom. The lowest BCUT2D eigenvalue weighted by molar-refractivity contribution is 0.0702. The van der Waals surface area contributed by atoms with Crippen molar-refractivity contribution in [2.75, 3.05) is 13.1 Å². The average Bonchev–Trinajstić information content (AvgIpc) is 3.10. The third kappa shape index (κ3) is 3.54. The Bertz CT molecular complexity index is 592. The lowest BCUT2D eigenvalue weighted by Gasteiger charge is -2.33. The summed E-state index contributed by atoms with van der Waals surface area (Å²) in [6.07, 6.45) is 3.84. The molecule has 0 bridgehead atoms. The Labute approximate surface area is 135 Å². The first-order valence-corrected chi connectivity index (χ1v) is 8.62. The zero-order valence-corrected chi connectivity index (χ0v) is 13.6. The zero-order valence-electron chi connectivity index (χ0n) is 12.7. The molecule has 3 rings (SSSR count). The smallest absolute Gasteiger partial charge is 0.253 e. The summed E-state index contributed by atoms with van der Waals surface area (Å²) in [5, 5.41) is 6.77. The summed E-state index contributed by atoms with van der Waals surface area (Å²) in [5.41, 5.74) is 0.782. The van der Waals surface area contributed by atoms with Crippen molar-refractivity contribution in [3.05, 3.63) is 52.5 Å². The highest BCUT2D eigenvalue weighted by Crippen LogP contribution is 2.19. The number of likely N-dealkylation sites (tertiary alicyclic amines) is 1. The van der Waals surface area contributed by atoms with Gasteiger partial charge in [-0.1, -0.05) is 18.2 Å². The average molecular weight is 315 g/mol. The van der Waals surface area contributed by atoms with Crippen molar-refractivity contribution >= 4 is 17.2 Å². The number of hydrogen-bond acceptors (Lipinski definition) is 4. The number of hydrogen-bond donors (Lipinski definition) is 1. The first kappa shape index (κ1) is 15.2. The maximum Gasteiger partial charge on any atom is 0.253 e. The quantitative estimate of drug-likeness (QED) is 0.943. The van der Waals surface area contributed by atoms with E-state index in [1.54, 1.807) is 11.3 Å². The van der Waals surface area contributed by atoms with E-state index in [1.807, 2.05) is 46.8 Å². The molecule has 0 spiro atoms. The van der Waals surface area contributed by atoms with Gasteiger partial charge in [-0.25, -0.2) is 4.98 Å². The van der Waals surface area contributed by atoms with Crippen LogP contribution in [0.1, 0.15) is 41.2 Å². The molecule has 0 saturated carbocycles. The second-order valence-electron chi connectivity index (χ2n) is 5.69. The molecule has 4 nitrogen and oxygen atoms in total. The zero-order chi connectivity index (χ0) is 15.4. The maximum absolute atomic E-state index is 12.4. The SMILES string of the molecule is CC(NC1CCN(C(=O)c2ccccc2)CC1)c1nccs1. The molecule has 1 unspecified atom stereocenters. The van der Waals surface area contributed by atoms with Crippen molar-refractivity contribution in [1.29, 1.82) is 0 Å². The molecular formula is C17H21N3OS. The van der Waals surface area contributed by atoms with E-state index in [0.717, 1.165) is 36.5 Å². The van der Waals surface area contributed by atoms with Gasteiger partial charge in [-0.15, -0.1) is 11.3 Å². The van der Waals surface area contributed by atoms with E-state index in [-0.39, 0.29) is 11.9 Å². The molecule has 1 saturated heterocycles. The predicted molar refractivity (Wildman–Crippen MR) is 89.0 cm³/mol. The number of carbonyl (C=O) groups excluding carboxylic acids is 1. The molecule has 1 aliphatic heterocycles. The molecule has 1 amide bonds. The summed E-state index contributed by atoms with van der Waals surface area (Å²) >= 11 is 1.68. The van der Waals surface area contributed by atoms with Crippen molar-refractivity contribution in [1.82, 2.24) is 15.2 Å². The van der Waals surface area contributed by atoms with Crippen LogP contribution in [0.25, 0.3) is 0 Å². The fourth-order valence-electron chi connectivity index (χ4n) is 2.89. The number of thiazole rings is 1. The van der Waals surface area contributed by atoms with Crippen LogP contribution in [0.2, 0.25) is 0 Å². The summed E-state index contributed by atoms with van der Waals surface area (Å²) in [4.78, 5) is 18.7. The number of amides is 1. The summed E-state index contributed by atoms with van der Waals surface area (Å²) in [5.74, 6) is 0.145. The number of aromatic nitrogens is 1. The molecule has 1 aromatic heterocycles. The summed E-state index contributed by atoms with van der Waals surface area (Å²) in [6, 6.07) is 10.3. The predicted octanol–water partition coefficient (Wildman–Crippen LogP) is 3.10. The van der Waals surface area contributed by atoms with E-state index in [1.165, 1.54) is 0 Å². The van der Waals surface area contributed by atoms with Crippen LogP contribution < -0.4 is 5.32 Å². The van der Waals surface area contributed by atoms with Crippen molar-refractivity contribution < 1.29 is 4.79 Å². The Morgan fingerprint density at radius 3 is 2.68 bits per heavy atom. The maximum atomic E-state index is 12.4. The second-order valence-corrected chi connectivity index (χ2v) is 6.62. The van der Waals surface area contributed by atoms with Gasteiger partial charge in [0.1, 0.15) is 5.01 Å². The van der Waals surface area contributed by atoms with Gasteiger partial charge in [0.15, 0.2) is 0 Å². The van der Waals surface area contributed by atoms with Crippen molar-refractivity contribution in [2.45, 2.75) is 31.8 Å². The molecule has 2 heterocycles. The third-order valence-electron chi connectivity index (χ3n) is 4.11. The van der Waals surface area contributed by atoms with Gasteiger partial charge < -0.3 is 10.2 Å².